The molecule has 5 nitrogen and oxygen atoms in total. The van der Waals surface area contributed by atoms with E-state index in [1.165, 1.54) is 0 Å². The number of benzene rings is 2. The second-order valence-corrected chi connectivity index (χ2v) is 10.3. The highest BCUT2D eigenvalue weighted by atomic mass is 35.5. The first kappa shape index (κ1) is 27.3. The van der Waals surface area contributed by atoms with E-state index in [4.69, 9.17) is 37.4 Å². The molecule has 0 atom stereocenters. The molecule has 0 saturated heterocycles. The number of halogens is 2. The maximum atomic E-state index is 11.5. The van der Waals surface area contributed by atoms with E-state index in [1.807, 2.05) is 29.8 Å². The van der Waals surface area contributed by atoms with Crippen LogP contribution in [0.25, 0.3) is 20.2 Å². The molecule has 0 radical (unpaired) electrons. The smallest absolute Gasteiger partial charge is 0.310 e. The van der Waals surface area contributed by atoms with Crippen molar-refractivity contribution >= 4 is 78.0 Å². The lowest BCUT2D eigenvalue weighted by molar-refractivity contribution is -0.143. The molecule has 0 aliphatic rings. The maximum absolute atomic E-state index is 11.5. The summed E-state index contributed by atoms with van der Waals surface area (Å²) in [5.74, 6) is 0.260. The predicted molar refractivity (Wildman–Crippen MR) is 146 cm³/mol. The predicted octanol–water partition coefficient (Wildman–Crippen LogP) is 7.64. The number of carbonyl (C=O) groups excluding carboxylic acids is 2. The minimum atomic E-state index is -0.228. The number of ether oxygens (including phenoxy) is 3. The minimum absolute atomic E-state index is 0.205. The summed E-state index contributed by atoms with van der Waals surface area (Å²) in [6.45, 7) is 6.41. The van der Waals surface area contributed by atoms with Gasteiger partial charge in [0.2, 0.25) is 0 Å². The third-order valence-corrected chi connectivity index (χ3v) is 7.50. The number of aryl methyl sites for hydroxylation is 1. The second kappa shape index (κ2) is 12.6. The largest absolute Gasteiger partial charge is 0.496 e. The van der Waals surface area contributed by atoms with E-state index >= 15 is 0 Å². The average molecular weight is 554 g/mol. The highest BCUT2D eigenvalue weighted by Gasteiger charge is 2.15. The molecule has 0 saturated carbocycles. The van der Waals surface area contributed by atoms with Crippen LogP contribution in [0.2, 0.25) is 10.0 Å². The number of esters is 2. The molecule has 2 heterocycles. The molecule has 0 aliphatic heterocycles. The van der Waals surface area contributed by atoms with Crippen molar-refractivity contribution in [3.8, 4) is 5.75 Å². The van der Waals surface area contributed by atoms with Gasteiger partial charge in [-0.05, 0) is 72.5 Å². The monoisotopic (exact) mass is 552 g/mol. The Bertz CT molecular complexity index is 1340. The van der Waals surface area contributed by atoms with Crippen LogP contribution in [-0.2, 0) is 31.9 Å². The molecule has 0 amide bonds. The standard InChI is InChI=1S/C13H13ClO3S.C13H13ClO2S/c1-3-17-12(15)4-8-7-18-11-6-9(14)5-10(16-2)13(8)11;1-3-16-12(15)6-9-7-17-11-5-8(2)4-10(14)13(9)11/h5-7H,3-4H2,1-2H3;4-5,7H,3,6H2,1-2H3. The van der Waals surface area contributed by atoms with Crippen molar-refractivity contribution in [1.29, 1.82) is 0 Å². The Kier molecular flexibility index (Phi) is 9.80. The number of hydrogen-bond donors (Lipinski definition) is 0. The van der Waals surface area contributed by atoms with Gasteiger partial charge in [0.05, 0.1) is 33.2 Å². The van der Waals surface area contributed by atoms with Crippen LogP contribution in [0.4, 0.5) is 0 Å². The molecule has 4 rings (SSSR count). The van der Waals surface area contributed by atoms with Gasteiger partial charge in [-0.25, -0.2) is 0 Å². The summed E-state index contributed by atoms with van der Waals surface area (Å²) in [5.41, 5.74) is 3.00. The van der Waals surface area contributed by atoms with Crippen LogP contribution < -0.4 is 4.74 Å². The summed E-state index contributed by atoms with van der Waals surface area (Å²) in [6.07, 6.45) is 0.544. The average Bonchev–Trinajstić information content (AvgIpc) is 3.38. The van der Waals surface area contributed by atoms with Gasteiger partial charge >= 0.3 is 11.9 Å². The lowest BCUT2D eigenvalue weighted by Crippen LogP contribution is -2.07. The molecule has 0 spiro atoms. The molecule has 0 aliphatic carbocycles. The van der Waals surface area contributed by atoms with Crippen LogP contribution in [0.3, 0.4) is 0 Å². The van der Waals surface area contributed by atoms with Crippen molar-refractivity contribution in [3.63, 3.8) is 0 Å². The Hall–Kier alpha value is -2.32. The molecule has 0 unspecified atom stereocenters. The molecule has 186 valence electrons. The van der Waals surface area contributed by atoms with Crippen molar-refractivity contribution in [2.45, 2.75) is 33.6 Å². The summed E-state index contributed by atoms with van der Waals surface area (Å²) < 4.78 is 17.4. The van der Waals surface area contributed by atoms with Crippen molar-refractivity contribution < 1.29 is 23.8 Å². The number of fused-ring (bicyclic) bond motifs is 2. The van der Waals surface area contributed by atoms with Crippen LogP contribution in [0, 0.1) is 6.92 Å². The lowest BCUT2D eigenvalue weighted by Gasteiger charge is -2.06. The molecule has 4 aromatic rings. The van der Waals surface area contributed by atoms with E-state index in [0.29, 0.717) is 29.0 Å². The van der Waals surface area contributed by atoms with Crippen LogP contribution >= 0.6 is 45.9 Å². The van der Waals surface area contributed by atoms with E-state index < -0.39 is 0 Å². The Morgan fingerprint density at radius 1 is 0.829 bits per heavy atom. The van der Waals surface area contributed by atoms with Gasteiger partial charge in [-0.15, -0.1) is 22.7 Å². The van der Waals surface area contributed by atoms with E-state index in [0.717, 1.165) is 36.9 Å². The summed E-state index contributed by atoms with van der Waals surface area (Å²) in [4.78, 5) is 23.0. The number of carbonyl (C=O) groups is 2. The van der Waals surface area contributed by atoms with E-state index in [-0.39, 0.29) is 24.8 Å². The zero-order valence-corrected chi connectivity index (χ0v) is 23.1. The van der Waals surface area contributed by atoms with Gasteiger partial charge in [-0.2, -0.15) is 0 Å². The zero-order chi connectivity index (χ0) is 25.5. The molecule has 0 fully saturated rings. The van der Waals surface area contributed by atoms with Crippen LogP contribution in [0.1, 0.15) is 30.5 Å². The normalized spacial score (nSPS) is 10.7. The van der Waals surface area contributed by atoms with Gasteiger partial charge in [0.25, 0.3) is 0 Å². The van der Waals surface area contributed by atoms with Gasteiger partial charge < -0.3 is 14.2 Å². The van der Waals surface area contributed by atoms with Gasteiger partial charge in [-0.1, -0.05) is 23.2 Å². The Morgan fingerprint density at radius 3 is 1.91 bits per heavy atom. The SMILES string of the molecule is CCOC(=O)Cc1csc2cc(C)cc(Cl)c12.CCOC(=O)Cc1csc2cc(Cl)cc(OC)c12. The third-order valence-electron chi connectivity index (χ3n) is 5.03. The minimum Gasteiger partial charge on any atom is -0.496 e. The fourth-order valence-electron chi connectivity index (χ4n) is 3.63. The molecular weight excluding hydrogens is 527 g/mol. The molecule has 0 bridgehead atoms. The van der Waals surface area contributed by atoms with E-state index in [2.05, 4.69) is 6.07 Å². The molecule has 0 N–H and O–H groups in total. The molecule has 9 heteroatoms. The Morgan fingerprint density at radius 2 is 1.37 bits per heavy atom. The van der Waals surface area contributed by atoms with Crippen molar-refractivity contribution in [1.82, 2.24) is 0 Å². The van der Waals surface area contributed by atoms with Crippen LogP contribution in [-0.4, -0.2) is 32.3 Å². The summed E-state index contributed by atoms with van der Waals surface area (Å²) >= 11 is 15.4. The number of hydrogen-bond acceptors (Lipinski definition) is 7. The van der Waals surface area contributed by atoms with Gasteiger partial charge in [0, 0.05) is 30.2 Å². The first-order chi connectivity index (χ1) is 16.8. The van der Waals surface area contributed by atoms with Gasteiger partial charge in [-0.3, -0.25) is 9.59 Å². The first-order valence-corrected chi connectivity index (χ1v) is 13.5. The molecule has 2 aromatic heterocycles. The quantitative estimate of drug-likeness (QED) is 0.220. The Labute approximate surface area is 222 Å². The van der Waals surface area contributed by atoms with Crippen molar-refractivity contribution in [2.24, 2.45) is 0 Å². The summed E-state index contributed by atoms with van der Waals surface area (Å²) in [7, 11) is 1.59. The van der Waals surface area contributed by atoms with Crippen molar-refractivity contribution in [2.75, 3.05) is 20.3 Å². The van der Waals surface area contributed by atoms with Gasteiger partial charge in [0.1, 0.15) is 5.75 Å². The zero-order valence-electron chi connectivity index (χ0n) is 19.9. The molecule has 2 aromatic carbocycles. The van der Waals surface area contributed by atoms with Gasteiger partial charge in [0.15, 0.2) is 0 Å². The highest BCUT2D eigenvalue weighted by Crippen LogP contribution is 2.37. The number of rotatable bonds is 7. The second-order valence-electron chi connectivity index (χ2n) is 7.59. The van der Waals surface area contributed by atoms with E-state index in [1.54, 1.807) is 49.7 Å². The summed E-state index contributed by atoms with van der Waals surface area (Å²) in [6, 6.07) is 7.63. The lowest BCUT2D eigenvalue weighted by atomic mass is 10.1. The molecule has 35 heavy (non-hydrogen) atoms. The fraction of sp³-hybridized carbons (Fsp3) is 0.308. The number of thiophene rings is 2. The van der Waals surface area contributed by atoms with Crippen LogP contribution in [0.15, 0.2) is 35.0 Å². The third kappa shape index (κ3) is 6.88. The topological polar surface area (TPSA) is 61.8 Å². The van der Waals surface area contributed by atoms with Crippen LogP contribution in [0.5, 0.6) is 5.75 Å². The highest BCUT2D eigenvalue weighted by molar-refractivity contribution is 7.17. The Balaban J connectivity index is 0.000000196. The number of methoxy groups -OCH3 is 1. The fourth-order valence-corrected chi connectivity index (χ4v) is 6.45. The maximum Gasteiger partial charge on any atom is 0.310 e. The summed E-state index contributed by atoms with van der Waals surface area (Å²) in [5, 5.41) is 7.19. The van der Waals surface area contributed by atoms with Crippen molar-refractivity contribution in [3.05, 3.63) is 61.8 Å². The van der Waals surface area contributed by atoms with E-state index in [9.17, 15) is 9.59 Å². The first-order valence-electron chi connectivity index (χ1n) is 11.0. The molecular formula is C26H26Cl2O5S2.